The quantitative estimate of drug-likeness (QED) is 0.353. The number of nitrogens with one attached hydrogen (secondary N) is 2. The van der Waals surface area contributed by atoms with E-state index in [1.807, 2.05) is 32.0 Å². The number of amides is 4. The van der Waals surface area contributed by atoms with Crippen LogP contribution in [0, 0.1) is 13.8 Å². The highest BCUT2D eigenvalue weighted by Gasteiger charge is 2.35. The predicted molar refractivity (Wildman–Crippen MR) is 140 cm³/mol. The van der Waals surface area contributed by atoms with Gasteiger partial charge in [0.05, 0.1) is 0 Å². The Kier molecular flexibility index (Phi) is 12.4. The molecular formula is C27H44N4O5. The Hall–Kier alpha value is -3.10. The summed E-state index contributed by atoms with van der Waals surface area (Å²) in [5, 5.41) is 5.55. The van der Waals surface area contributed by atoms with Gasteiger partial charge < -0.3 is 26.0 Å². The molecule has 0 saturated heterocycles. The van der Waals surface area contributed by atoms with Gasteiger partial charge in [0.15, 0.2) is 0 Å². The molecule has 0 aliphatic rings. The summed E-state index contributed by atoms with van der Waals surface area (Å²) in [4.78, 5) is 52.6. The first-order chi connectivity index (χ1) is 16.8. The van der Waals surface area contributed by atoms with Crippen LogP contribution < -0.4 is 16.4 Å². The van der Waals surface area contributed by atoms with E-state index in [0.717, 1.165) is 30.4 Å². The molecule has 0 aliphatic heterocycles. The van der Waals surface area contributed by atoms with Gasteiger partial charge in [0, 0.05) is 19.5 Å². The number of benzene rings is 1. The Balaban J connectivity index is 3.36. The number of carbonyl (C=O) groups is 4. The van der Waals surface area contributed by atoms with Crippen molar-refractivity contribution in [1.82, 2.24) is 15.5 Å². The average Bonchev–Trinajstić information content (AvgIpc) is 2.75. The van der Waals surface area contributed by atoms with Crippen molar-refractivity contribution in [1.29, 1.82) is 0 Å². The van der Waals surface area contributed by atoms with Gasteiger partial charge in [0.1, 0.15) is 17.7 Å². The number of rotatable bonds is 13. The SMILES string of the molecule is CCCCCNC(=O)C(c1cc(C)cc(C)c1)N(CC)C(=O)C(CCC(N)=O)NC(=O)OC(C)(C)C. The van der Waals surface area contributed by atoms with Gasteiger partial charge in [-0.3, -0.25) is 14.4 Å². The second-order valence-electron chi connectivity index (χ2n) is 10.1. The number of aryl methyl sites for hydroxylation is 2. The standard InChI is InChI=1S/C27H44N4O5/c1-8-10-11-14-29-24(33)23(20-16-18(3)15-19(4)17-20)31(9-2)25(34)21(12-13-22(28)32)30-26(35)36-27(5,6)7/h15-17,21,23H,8-14H2,1-7H3,(H2,28,32)(H,29,33)(H,30,35). The van der Waals surface area contributed by atoms with Gasteiger partial charge in [-0.25, -0.2) is 4.79 Å². The van der Waals surface area contributed by atoms with E-state index < -0.39 is 35.6 Å². The molecule has 4 amide bonds. The Morgan fingerprint density at radius 1 is 1.03 bits per heavy atom. The first kappa shape index (κ1) is 30.9. The van der Waals surface area contributed by atoms with Crippen molar-refractivity contribution < 1.29 is 23.9 Å². The van der Waals surface area contributed by atoms with Crippen molar-refractivity contribution in [2.24, 2.45) is 5.73 Å². The van der Waals surface area contributed by atoms with Crippen LogP contribution in [-0.4, -0.2) is 53.4 Å². The van der Waals surface area contributed by atoms with Crippen LogP contribution in [0.1, 0.15) is 89.5 Å². The molecular weight excluding hydrogens is 460 g/mol. The van der Waals surface area contributed by atoms with Crippen LogP contribution in [0.4, 0.5) is 4.79 Å². The summed E-state index contributed by atoms with van der Waals surface area (Å²) < 4.78 is 5.32. The molecule has 1 aromatic carbocycles. The first-order valence-electron chi connectivity index (χ1n) is 12.7. The first-order valence-corrected chi connectivity index (χ1v) is 12.7. The van der Waals surface area contributed by atoms with Crippen LogP contribution >= 0.6 is 0 Å². The number of nitrogens with two attached hydrogens (primary N) is 1. The van der Waals surface area contributed by atoms with Crippen LogP contribution in [0.2, 0.25) is 0 Å². The van der Waals surface area contributed by atoms with Gasteiger partial charge in [-0.2, -0.15) is 0 Å². The van der Waals surface area contributed by atoms with E-state index in [1.54, 1.807) is 27.7 Å². The second-order valence-corrected chi connectivity index (χ2v) is 10.1. The Morgan fingerprint density at radius 2 is 1.64 bits per heavy atom. The van der Waals surface area contributed by atoms with Gasteiger partial charge in [-0.05, 0) is 59.9 Å². The number of carbonyl (C=O) groups excluding carboxylic acids is 4. The molecule has 36 heavy (non-hydrogen) atoms. The minimum atomic E-state index is -1.09. The van der Waals surface area contributed by atoms with Gasteiger partial charge in [0.25, 0.3) is 0 Å². The maximum atomic E-state index is 13.8. The smallest absolute Gasteiger partial charge is 0.408 e. The van der Waals surface area contributed by atoms with Crippen LogP contribution in [0.15, 0.2) is 18.2 Å². The highest BCUT2D eigenvalue weighted by atomic mass is 16.6. The Bertz CT molecular complexity index is 890. The van der Waals surface area contributed by atoms with Crippen molar-refractivity contribution in [2.45, 2.75) is 98.3 Å². The molecule has 0 saturated carbocycles. The van der Waals surface area contributed by atoms with Crippen molar-refractivity contribution in [3.05, 3.63) is 34.9 Å². The molecule has 0 bridgehead atoms. The Morgan fingerprint density at radius 3 is 2.14 bits per heavy atom. The van der Waals surface area contributed by atoms with E-state index in [-0.39, 0.29) is 25.3 Å². The molecule has 0 fully saturated rings. The van der Waals surface area contributed by atoms with Crippen LogP contribution in [0.5, 0.6) is 0 Å². The summed E-state index contributed by atoms with van der Waals surface area (Å²) in [5.41, 5.74) is 7.17. The van der Waals surface area contributed by atoms with E-state index in [9.17, 15) is 19.2 Å². The highest BCUT2D eigenvalue weighted by Crippen LogP contribution is 2.25. The number of nitrogens with zero attached hydrogens (tertiary/aromatic N) is 1. The summed E-state index contributed by atoms with van der Waals surface area (Å²) in [6.45, 7) is 13.6. The lowest BCUT2D eigenvalue weighted by Gasteiger charge is -2.34. The lowest BCUT2D eigenvalue weighted by molar-refractivity contribution is -0.142. The van der Waals surface area contributed by atoms with Crippen LogP contribution in [0.25, 0.3) is 0 Å². The summed E-state index contributed by atoms with van der Waals surface area (Å²) in [5.74, 6) is -1.38. The largest absolute Gasteiger partial charge is 0.444 e. The summed E-state index contributed by atoms with van der Waals surface area (Å²) in [6.07, 6.45) is 1.94. The predicted octanol–water partition coefficient (Wildman–Crippen LogP) is 3.66. The highest BCUT2D eigenvalue weighted by molar-refractivity contribution is 5.92. The van der Waals surface area contributed by atoms with Crippen molar-refractivity contribution >= 4 is 23.8 Å². The molecule has 4 N–H and O–H groups in total. The zero-order chi connectivity index (χ0) is 27.5. The third kappa shape index (κ3) is 10.7. The number of unbranched alkanes of at least 4 members (excludes halogenated alkanes) is 2. The van der Waals surface area contributed by atoms with E-state index in [4.69, 9.17) is 10.5 Å². The van der Waals surface area contributed by atoms with Gasteiger partial charge in [-0.1, -0.05) is 49.1 Å². The second kappa shape index (κ2) is 14.5. The molecule has 202 valence electrons. The average molecular weight is 505 g/mol. The number of primary amides is 1. The maximum Gasteiger partial charge on any atom is 0.408 e. The van der Waals surface area contributed by atoms with Gasteiger partial charge in [0.2, 0.25) is 17.7 Å². The molecule has 0 aromatic heterocycles. The van der Waals surface area contributed by atoms with Crippen LogP contribution in [-0.2, 0) is 19.1 Å². The molecule has 0 radical (unpaired) electrons. The number of ether oxygens (including phenoxy) is 1. The maximum absolute atomic E-state index is 13.8. The molecule has 2 unspecified atom stereocenters. The molecule has 9 heteroatoms. The fourth-order valence-electron chi connectivity index (χ4n) is 3.98. The molecule has 9 nitrogen and oxygen atoms in total. The lowest BCUT2D eigenvalue weighted by atomic mass is 9.98. The van der Waals surface area contributed by atoms with E-state index in [2.05, 4.69) is 17.6 Å². The monoisotopic (exact) mass is 504 g/mol. The lowest BCUT2D eigenvalue weighted by Crippen LogP contribution is -2.53. The number of alkyl carbamates (subject to hydrolysis) is 1. The molecule has 0 spiro atoms. The number of likely N-dealkylation sites (N-methyl/N-ethyl adjacent to an activating group) is 1. The minimum absolute atomic E-state index is 0.0123. The fraction of sp³-hybridized carbons (Fsp3) is 0.630. The van der Waals surface area contributed by atoms with E-state index >= 15 is 0 Å². The summed E-state index contributed by atoms with van der Waals surface area (Å²) >= 11 is 0. The summed E-state index contributed by atoms with van der Waals surface area (Å²) in [6, 6.07) is 3.78. The van der Waals surface area contributed by atoms with Crippen LogP contribution in [0.3, 0.4) is 0 Å². The zero-order valence-electron chi connectivity index (χ0n) is 22.9. The third-order valence-electron chi connectivity index (χ3n) is 5.49. The molecule has 2 atom stereocenters. The van der Waals surface area contributed by atoms with Gasteiger partial charge >= 0.3 is 6.09 Å². The molecule has 0 aliphatic carbocycles. The van der Waals surface area contributed by atoms with Crippen molar-refractivity contribution in [3.8, 4) is 0 Å². The van der Waals surface area contributed by atoms with Crippen molar-refractivity contribution in [3.63, 3.8) is 0 Å². The zero-order valence-corrected chi connectivity index (χ0v) is 22.9. The minimum Gasteiger partial charge on any atom is -0.444 e. The van der Waals surface area contributed by atoms with E-state index in [1.165, 1.54) is 4.90 Å². The van der Waals surface area contributed by atoms with E-state index in [0.29, 0.717) is 12.1 Å². The Labute approximate surface area is 215 Å². The normalized spacial score (nSPS) is 12.9. The molecule has 0 heterocycles. The number of hydrogen-bond acceptors (Lipinski definition) is 5. The third-order valence-corrected chi connectivity index (χ3v) is 5.49. The fourth-order valence-corrected chi connectivity index (χ4v) is 3.98. The topological polar surface area (TPSA) is 131 Å². The molecule has 1 aromatic rings. The molecule has 1 rings (SSSR count). The number of hydrogen-bond donors (Lipinski definition) is 3. The summed E-state index contributed by atoms with van der Waals surface area (Å²) in [7, 11) is 0. The van der Waals surface area contributed by atoms with Crippen molar-refractivity contribution in [2.75, 3.05) is 13.1 Å². The van der Waals surface area contributed by atoms with Gasteiger partial charge in [-0.15, -0.1) is 0 Å².